The molecular weight excluding hydrogens is 172 g/mol. The van der Waals surface area contributed by atoms with Crippen LogP contribution in [0.3, 0.4) is 0 Å². The molecule has 0 amide bonds. The maximum absolute atomic E-state index is 10.7. The Hall–Kier alpha value is -1.06. The van der Waals surface area contributed by atoms with Gasteiger partial charge in [-0.25, -0.2) is 0 Å². The van der Waals surface area contributed by atoms with Crippen LogP contribution in [0, 0.1) is 17.3 Å². The zero-order valence-electron chi connectivity index (χ0n) is 7.78. The van der Waals surface area contributed by atoms with E-state index in [0.29, 0.717) is 12.8 Å². The minimum atomic E-state index is -0.898. The normalized spacial score (nSPS) is 23.2. The van der Waals surface area contributed by atoms with Gasteiger partial charge in [-0.05, 0) is 18.3 Å². The summed E-state index contributed by atoms with van der Waals surface area (Å²) in [4.78, 5) is 21.4. The number of hydrogen-bond donors (Lipinski definition) is 2. The van der Waals surface area contributed by atoms with Gasteiger partial charge in [-0.15, -0.1) is 0 Å². The number of aliphatic carboxylic acids is 2. The van der Waals surface area contributed by atoms with Gasteiger partial charge in [0.05, 0.1) is 11.8 Å². The Morgan fingerprint density at radius 3 is 1.54 bits per heavy atom. The largest absolute Gasteiger partial charge is 0.481 e. The number of hydrogen-bond acceptors (Lipinski definition) is 2. The van der Waals surface area contributed by atoms with E-state index in [-0.39, 0.29) is 0 Å². The highest BCUT2D eigenvalue weighted by atomic mass is 16.4. The number of rotatable bonds is 4. The monoisotopic (exact) mass is 186 g/mol. The van der Waals surface area contributed by atoms with Crippen LogP contribution in [0.5, 0.6) is 0 Å². The van der Waals surface area contributed by atoms with Gasteiger partial charge < -0.3 is 10.2 Å². The molecule has 1 saturated carbocycles. The van der Waals surface area contributed by atoms with E-state index in [0.717, 1.165) is 0 Å². The lowest BCUT2D eigenvalue weighted by Crippen LogP contribution is -2.32. The second kappa shape index (κ2) is 3.01. The first kappa shape index (κ1) is 10.0. The third kappa shape index (κ3) is 1.53. The molecule has 1 fully saturated rings. The smallest absolute Gasteiger partial charge is 0.306 e. The molecule has 13 heavy (non-hydrogen) atoms. The predicted octanol–water partition coefficient (Wildman–Crippen LogP) is 1.21. The molecule has 0 aliphatic heterocycles. The zero-order chi connectivity index (χ0) is 10.2. The summed E-state index contributed by atoms with van der Waals surface area (Å²) in [5, 5.41) is 17.6. The number of carboxylic acid groups (broad SMARTS) is 2. The maximum Gasteiger partial charge on any atom is 0.306 e. The minimum Gasteiger partial charge on any atom is -0.481 e. The quantitative estimate of drug-likeness (QED) is 0.692. The fourth-order valence-corrected chi connectivity index (χ4v) is 1.88. The Morgan fingerprint density at radius 1 is 1.08 bits per heavy atom. The van der Waals surface area contributed by atoms with Gasteiger partial charge >= 0.3 is 11.9 Å². The molecule has 0 saturated heterocycles. The SMILES string of the molecule is CC(C(=O)O)C1(C(C)C(=O)O)CC1. The van der Waals surface area contributed by atoms with E-state index in [1.54, 1.807) is 13.8 Å². The van der Waals surface area contributed by atoms with E-state index >= 15 is 0 Å². The highest BCUT2D eigenvalue weighted by molar-refractivity contribution is 5.76. The molecule has 4 heteroatoms. The Bertz CT molecular complexity index is 220. The molecule has 1 aliphatic rings. The second-order valence-electron chi connectivity index (χ2n) is 3.85. The van der Waals surface area contributed by atoms with Crippen molar-refractivity contribution < 1.29 is 19.8 Å². The molecule has 0 aromatic heterocycles. The van der Waals surface area contributed by atoms with Crippen molar-refractivity contribution in [1.29, 1.82) is 0 Å². The molecule has 0 radical (unpaired) electrons. The number of carboxylic acids is 2. The molecule has 0 spiro atoms. The second-order valence-corrected chi connectivity index (χ2v) is 3.85. The van der Waals surface area contributed by atoms with Gasteiger partial charge in [0.25, 0.3) is 0 Å². The van der Waals surface area contributed by atoms with Crippen molar-refractivity contribution in [2.45, 2.75) is 26.7 Å². The lowest BCUT2D eigenvalue weighted by atomic mass is 9.80. The molecule has 2 unspecified atom stereocenters. The van der Waals surface area contributed by atoms with Gasteiger partial charge in [-0.3, -0.25) is 9.59 Å². The Morgan fingerprint density at radius 2 is 1.38 bits per heavy atom. The van der Waals surface area contributed by atoms with Crippen LogP contribution in [0.15, 0.2) is 0 Å². The van der Waals surface area contributed by atoms with Gasteiger partial charge in [-0.1, -0.05) is 13.8 Å². The average molecular weight is 186 g/mol. The van der Waals surface area contributed by atoms with Gasteiger partial charge in [0.1, 0.15) is 0 Å². The topological polar surface area (TPSA) is 74.6 Å². The highest BCUT2D eigenvalue weighted by Gasteiger charge is 2.56. The first-order valence-corrected chi connectivity index (χ1v) is 4.37. The van der Waals surface area contributed by atoms with Gasteiger partial charge in [-0.2, -0.15) is 0 Å². The Balaban J connectivity index is 2.77. The molecule has 4 nitrogen and oxygen atoms in total. The Labute approximate surface area is 76.6 Å². The summed E-state index contributed by atoms with van der Waals surface area (Å²) in [5.41, 5.74) is -0.488. The van der Waals surface area contributed by atoms with Crippen LogP contribution in [0.25, 0.3) is 0 Å². The van der Waals surface area contributed by atoms with Crippen LogP contribution in [0.2, 0.25) is 0 Å². The van der Waals surface area contributed by atoms with Crippen molar-refractivity contribution in [2.75, 3.05) is 0 Å². The van der Waals surface area contributed by atoms with E-state index in [1.165, 1.54) is 0 Å². The van der Waals surface area contributed by atoms with Crippen molar-refractivity contribution in [1.82, 2.24) is 0 Å². The van der Waals surface area contributed by atoms with E-state index in [2.05, 4.69) is 0 Å². The van der Waals surface area contributed by atoms with Crippen LogP contribution in [0.1, 0.15) is 26.7 Å². The molecule has 1 rings (SSSR count). The molecule has 0 heterocycles. The van der Waals surface area contributed by atoms with Crippen molar-refractivity contribution in [3.8, 4) is 0 Å². The summed E-state index contributed by atoms with van der Waals surface area (Å²) in [6.45, 7) is 3.18. The highest BCUT2D eigenvalue weighted by Crippen LogP contribution is 2.57. The fraction of sp³-hybridized carbons (Fsp3) is 0.778. The summed E-state index contributed by atoms with van der Waals surface area (Å²) in [6.07, 6.45) is 1.43. The summed E-state index contributed by atoms with van der Waals surface area (Å²) in [6, 6.07) is 0. The van der Waals surface area contributed by atoms with E-state index in [9.17, 15) is 9.59 Å². The molecule has 0 bridgehead atoms. The summed E-state index contributed by atoms with van der Waals surface area (Å²) >= 11 is 0. The van der Waals surface area contributed by atoms with Crippen molar-refractivity contribution in [3.05, 3.63) is 0 Å². The summed E-state index contributed by atoms with van der Waals surface area (Å²) < 4.78 is 0. The fourth-order valence-electron chi connectivity index (χ4n) is 1.88. The molecule has 0 aromatic rings. The van der Waals surface area contributed by atoms with E-state index < -0.39 is 29.2 Å². The van der Waals surface area contributed by atoms with E-state index in [1.807, 2.05) is 0 Å². The van der Waals surface area contributed by atoms with E-state index in [4.69, 9.17) is 10.2 Å². The molecule has 2 N–H and O–H groups in total. The lowest BCUT2D eigenvalue weighted by molar-refractivity contribution is -0.149. The molecule has 2 atom stereocenters. The third-order valence-electron chi connectivity index (χ3n) is 3.29. The van der Waals surface area contributed by atoms with Crippen molar-refractivity contribution in [3.63, 3.8) is 0 Å². The molecule has 1 aliphatic carbocycles. The number of carbonyl (C=O) groups is 2. The Kier molecular flexibility index (Phi) is 2.32. The van der Waals surface area contributed by atoms with Crippen LogP contribution in [-0.4, -0.2) is 22.2 Å². The van der Waals surface area contributed by atoms with Crippen molar-refractivity contribution in [2.24, 2.45) is 17.3 Å². The molecule has 74 valence electrons. The van der Waals surface area contributed by atoms with Crippen LogP contribution in [0.4, 0.5) is 0 Å². The predicted molar refractivity (Wildman–Crippen MR) is 45.3 cm³/mol. The van der Waals surface area contributed by atoms with Crippen LogP contribution < -0.4 is 0 Å². The van der Waals surface area contributed by atoms with Crippen LogP contribution in [-0.2, 0) is 9.59 Å². The van der Waals surface area contributed by atoms with Crippen molar-refractivity contribution >= 4 is 11.9 Å². The minimum absolute atomic E-state index is 0.488. The average Bonchev–Trinajstić information content (AvgIpc) is 2.81. The maximum atomic E-state index is 10.7. The standard InChI is InChI=1S/C9H14O4/c1-5(7(10)11)9(3-4-9)6(2)8(12)13/h5-6H,3-4H2,1-2H3,(H,10,11)(H,12,13). The first-order valence-electron chi connectivity index (χ1n) is 4.37. The third-order valence-corrected chi connectivity index (χ3v) is 3.29. The molecule has 0 aromatic carbocycles. The van der Waals surface area contributed by atoms with Gasteiger partial charge in [0.15, 0.2) is 0 Å². The van der Waals surface area contributed by atoms with Gasteiger partial charge in [0.2, 0.25) is 0 Å². The summed E-state index contributed by atoms with van der Waals surface area (Å²) in [5.74, 6) is -2.91. The zero-order valence-corrected chi connectivity index (χ0v) is 7.78. The van der Waals surface area contributed by atoms with Gasteiger partial charge in [0, 0.05) is 0 Å². The lowest BCUT2D eigenvalue weighted by Gasteiger charge is -2.23. The first-order chi connectivity index (χ1) is 5.92. The molecular formula is C9H14O4. The summed E-state index contributed by atoms with van der Waals surface area (Å²) in [7, 11) is 0. The van der Waals surface area contributed by atoms with Crippen LogP contribution >= 0.6 is 0 Å².